The number of amides is 2. The van der Waals surface area contributed by atoms with Crippen LogP contribution in [0, 0.1) is 5.41 Å². The predicted octanol–water partition coefficient (Wildman–Crippen LogP) is 3.59. The van der Waals surface area contributed by atoms with E-state index >= 15 is 0 Å². The topological polar surface area (TPSA) is 45.2 Å². The van der Waals surface area contributed by atoms with E-state index in [1.165, 1.54) is 11.9 Å². The summed E-state index contributed by atoms with van der Waals surface area (Å²) in [6, 6.07) is 0.846. The number of carbonyl (C=O) groups is 1. The van der Waals surface area contributed by atoms with Crippen molar-refractivity contribution in [2.45, 2.75) is 46.0 Å². The molecule has 0 spiro atoms. The van der Waals surface area contributed by atoms with Crippen molar-refractivity contribution in [3.63, 3.8) is 0 Å². The molecule has 0 aliphatic carbocycles. The van der Waals surface area contributed by atoms with Crippen LogP contribution in [0.3, 0.4) is 0 Å². The van der Waals surface area contributed by atoms with Crippen LogP contribution in [-0.4, -0.2) is 35.2 Å². The zero-order chi connectivity index (χ0) is 17.0. The normalized spacial score (nSPS) is 13.6. The van der Waals surface area contributed by atoms with Crippen molar-refractivity contribution < 1.29 is 18.0 Å². The number of nitrogens with zero attached hydrogens (tertiary/aromatic N) is 2. The molecule has 1 aromatic heterocycles. The van der Waals surface area contributed by atoms with Crippen molar-refractivity contribution in [2.24, 2.45) is 5.41 Å². The molecule has 0 saturated heterocycles. The highest BCUT2D eigenvalue weighted by Crippen LogP contribution is 2.30. The quantitative estimate of drug-likeness (QED) is 0.922. The second-order valence-electron chi connectivity index (χ2n) is 6.53. The Hall–Kier alpha value is -1.79. The lowest BCUT2D eigenvalue weighted by Gasteiger charge is -2.30. The van der Waals surface area contributed by atoms with E-state index < -0.39 is 23.7 Å². The number of alkyl halides is 3. The molecule has 0 bridgehead atoms. The van der Waals surface area contributed by atoms with Crippen molar-refractivity contribution >= 4 is 6.03 Å². The molecule has 7 heteroatoms. The fourth-order valence-corrected chi connectivity index (χ4v) is 1.96. The Balaban J connectivity index is 2.70. The van der Waals surface area contributed by atoms with Crippen LogP contribution in [0.15, 0.2) is 24.5 Å². The van der Waals surface area contributed by atoms with E-state index in [0.717, 1.165) is 5.56 Å². The molecule has 1 N–H and O–H groups in total. The number of rotatable bonds is 4. The number of pyridine rings is 1. The molecule has 0 radical (unpaired) electrons. The maximum atomic E-state index is 13.1. The highest BCUT2D eigenvalue weighted by atomic mass is 19.4. The monoisotopic (exact) mass is 317 g/mol. The van der Waals surface area contributed by atoms with E-state index in [9.17, 15) is 18.0 Å². The fraction of sp³-hybridized carbons (Fsp3) is 0.600. The van der Waals surface area contributed by atoms with Gasteiger partial charge in [0.2, 0.25) is 0 Å². The predicted molar refractivity (Wildman–Crippen MR) is 78.2 cm³/mol. The first kappa shape index (κ1) is 18.3. The fourth-order valence-electron chi connectivity index (χ4n) is 1.96. The van der Waals surface area contributed by atoms with Gasteiger partial charge < -0.3 is 10.2 Å². The molecule has 0 saturated carbocycles. The summed E-state index contributed by atoms with van der Waals surface area (Å²) < 4.78 is 39.2. The lowest BCUT2D eigenvalue weighted by Crippen LogP contribution is -2.51. The first-order chi connectivity index (χ1) is 9.99. The summed E-state index contributed by atoms with van der Waals surface area (Å²) >= 11 is 0. The summed E-state index contributed by atoms with van der Waals surface area (Å²) in [5.74, 6) is 0. The second kappa shape index (κ2) is 6.98. The number of carbonyl (C=O) groups excluding carboxylic acids is 1. The Labute approximate surface area is 128 Å². The van der Waals surface area contributed by atoms with Crippen LogP contribution in [-0.2, 0) is 6.54 Å². The highest BCUT2D eigenvalue weighted by Gasteiger charge is 2.43. The highest BCUT2D eigenvalue weighted by molar-refractivity contribution is 5.74. The van der Waals surface area contributed by atoms with Gasteiger partial charge in [0.1, 0.15) is 6.04 Å². The summed E-state index contributed by atoms with van der Waals surface area (Å²) in [7, 11) is 1.45. The maximum absolute atomic E-state index is 13.1. The number of aromatic nitrogens is 1. The summed E-state index contributed by atoms with van der Waals surface area (Å²) in [6.45, 7) is 5.31. The van der Waals surface area contributed by atoms with Crippen LogP contribution in [0.5, 0.6) is 0 Å². The van der Waals surface area contributed by atoms with Crippen LogP contribution in [0.2, 0.25) is 0 Å². The van der Waals surface area contributed by atoms with Gasteiger partial charge in [-0.25, -0.2) is 4.79 Å². The Morgan fingerprint density at radius 3 is 2.45 bits per heavy atom. The molecule has 1 aromatic rings. The first-order valence-electron chi connectivity index (χ1n) is 6.96. The van der Waals surface area contributed by atoms with Crippen LogP contribution >= 0.6 is 0 Å². The zero-order valence-electron chi connectivity index (χ0n) is 13.2. The molecule has 0 unspecified atom stereocenters. The number of nitrogens with one attached hydrogen (secondary N) is 1. The van der Waals surface area contributed by atoms with Gasteiger partial charge in [-0.2, -0.15) is 13.2 Å². The van der Waals surface area contributed by atoms with Crippen molar-refractivity contribution in [1.82, 2.24) is 15.2 Å². The largest absolute Gasteiger partial charge is 0.408 e. The third-order valence-corrected chi connectivity index (χ3v) is 3.00. The van der Waals surface area contributed by atoms with Gasteiger partial charge in [-0.05, 0) is 23.5 Å². The molecule has 0 aliphatic rings. The third kappa shape index (κ3) is 6.32. The van der Waals surface area contributed by atoms with E-state index in [4.69, 9.17) is 0 Å². The van der Waals surface area contributed by atoms with Crippen molar-refractivity contribution in [2.75, 3.05) is 7.05 Å². The Kier molecular flexibility index (Phi) is 5.79. The molecule has 124 valence electrons. The van der Waals surface area contributed by atoms with E-state index in [2.05, 4.69) is 10.3 Å². The van der Waals surface area contributed by atoms with Gasteiger partial charge in [0, 0.05) is 26.0 Å². The molecule has 0 aliphatic heterocycles. The van der Waals surface area contributed by atoms with Crippen molar-refractivity contribution in [3.8, 4) is 0 Å². The molecular formula is C15H22F3N3O. The molecule has 22 heavy (non-hydrogen) atoms. The first-order valence-corrected chi connectivity index (χ1v) is 6.96. The minimum absolute atomic E-state index is 0.178. The zero-order valence-corrected chi connectivity index (χ0v) is 13.2. The van der Waals surface area contributed by atoms with Gasteiger partial charge in [0.15, 0.2) is 0 Å². The number of halogens is 3. The van der Waals surface area contributed by atoms with E-state index in [1.807, 2.05) is 0 Å². The molecule has 1 atom stereocenters. The molecular weight excluding hydrogens is 295 g/mol. The average Bonchev–Trinajstić information content (AvgIpc) is 2.36. The number of hydrogen-bond acceptors (Lipinski definition) is 2. The van der Waals surface area contributed by atoms with Gasteiger partial charge in [0.25, 0.3) is 0 Å². The Morgan fingerprint density at radius 2 is 2.00 bits per heavy atom. The maximum Gasteiger partial charge on any atom is 0.408 e. The Morgan fingerprint density at radius 1 is 1.36 bits per heavy atom. The SMILES string of the molecule is CN(Cc1cccnc1)C(=O)N[C@H](CC(C)(C)C)C(F)(F)F. The molecule has 4 nitrogen and oxygen atoms in total. The summed E-state index contributed by atoms with van der Waals surface area (Å²) in [5, 5.41) is 2.08. The smallest absolute Gasteiger partial charge is 0.326 e. The molecule has 0 fully saturated rings. The van der Waals surface area contributed by atoms with E-state index in [0.29, 0.717) is 0 Å². The second-order valence-corrected chi connectivity index (χ2v) is 6.53. The standard InChI is InChI=1S/C15H22F3N3O/c1-14(2,3)8-12(15(16,17)18)20-13(22)21(4)10-11-6-5-7-19-9-11/h5-7,9,12H,8,10H2,1-4H3,(H,20,22)/t12-/m1/s1. The molecule has 0 aromatic carbocycles. The van der Waals surface area contributed by atoms with Gasteiger partial charge in [0.05, 0.1) is 0 Å². The average molecular weight is 317 g/mol. The van der Waals surface area contributed by atoms with Crippen LogP contribution in [0.4, 0.5) is 18.0 Å². The third-order valence-electron chi connectivity index (χ3n) is 3.00. The van der Waals surface area contributed by atoms with Crippen LogP contribution in [0.1, 0.15) is 32.8 Å². The molecule has 1 heterocycles. The number of hydrogen-bond donors (Lipinski definition) is 1. The van der Waals surface area contributed by atoms with Crippen molar-refractivity contribution in [3.05, 3.63) is 30.1 Å². The molecule has 1 rings (SSSR count). The van der Waals surface area contributed by atoms with E-state index in [1.54, 1.807) is 45.3 Å². The van der Waals surface area contributed by atoms with Crippen molar-refractivity contribution in [1.29, 1.82) is 0 Å². The summed E-state index contributed by atoms with van der Waals surface area (Å²) in [6.07, 6.45) is -1.49. The number of urea groups is 1. The van der Waals surface area contributed by atoms with Crippen LogP contribution < -0.4 is 5.32 Å². The lowest BCUT2D eigenvalue weighted by atomic mass is 9.88. The van der Waals surface area contributed by atoms with Gasteiger partial charge in [-0.3, -0.25) is 4.98 Å². The van der Waals surface area contributed by atoms with Gasteiger partial charge in [-0.1, -0.05) is 26.8 Å². The Bertz CT molecular complexity index is 483. The van der Waals surface area contributed by atoms with E-state index in [-0.39, 0.29) is 13.0 Å². The summed E-state index contributed by atoms with van der Waals surface area (Å²) in [4.78, 5) is 17.1. The molecule has 2 amide bonds. The summed E-state index contributed by atoms with van der Waals surface area (Å²) in [5.41, 5.74) is 0.203. The minimum Gasteiger partial charge on any atom is -0.326 e. The van der Waals surface area contributed by atoms with Crippen LogP contribution in [0.25, 0.3) is 0 Å². The minimum atomic E-state index is -4.47. The van der Waals surface area contributed by atoms with Gasteiger partial charge in [-0.15, -0.1) is 0 Å². The van der Waals surface area contributed by atoms with Gasteiger partial charge >= 0.3 is 12.2 Å². The lowest BCUT2D eigenvalue weighted by molar-refractivity contribution is -0.159.